The number of carbonyl (C=O) groups is 1. The maximum Gasteiger partial charge on any atom is 0.142 e. The predicted molar refractivity (Wildman–Crippen MR) is 64.1 cm³/mol. The average Bonchev–Trinajstić information content (AvgIpc) is 2.21. The molecule has 0 aliphatic carbocycles. The van der Waals surface area contributed by atoms with Gasteiger partial charge in [0, 0.05) is 11.8 Å². The molecule has 0 aliphatic rings. The van der Waals surface area contributed by atoms with E-state index in [2.05, 4.69) is 38.1 Å². The van der Waals surface area contributed by atoms with Gasteiger partial charge in [-0.25, -0.2) is 0 Å². The van der Waals surface area contributed by atoms with E-state index in [0.717, 1.165) is 12.0 Å². The van der Waals surface area contributed by atoms with E-state index in [4.69, 9.17) is 0 Å². The second kappa shape index (κ2) is 5.11. The summed E-state index contributed by atoms with van der Waals surface area (Å²) >= 11 is 0. The first-order chi connectivity index (χ1) is 7.06. The van der Waals surface area contributed by atoms with Crippen molar-refractivity contribution in [3.63, 3.8) is 0 Å². The maximum atomic E-state index is 12.0. The molecule has 1 nitrogen and oxygen atoms in total. The standard InChI is InChI=1S/C14H20O/c1-5-13(14(15)10(2)3)12-8-6-11(4)7-9-12/h6-10,13H,5H2,1-4H3. The molecule has 1 aromatic rings. The highest BCUT2D eigenvalue weighted by molar-refractivity contribution is 5.87. The first-order valence-corrected chi connectivity index (χ1v) is 5.66. The van der Waals surface area contributed by atoms with Gasteiger partial charge in [-0.3, -0.25) is 4.79 Å². The van der Waals surface area contributed by atoms with E-state index in [1.165, 1.54) is 5.56 Å². The van der Waals surface area contributed by atoms with Gasteiger partial charge in [-0.15, -0.1) is 0 Å². The van der Waals surface area contributed by atoms with Crippen molar-refractivity contribution >= 4 is 5.78 Å². The molecule has 1 unspecified atom stereocenters. The van der Waals surface area contributed by atoms with Crippen molar-refractivity contribution in [3.05, 3.63) is 35.4 Å². The van der Waals surface area contributed by atoms with Gasteiger partial charge in [-0.05, 0) is 18.9 Å². The zero-order valence-electron chi connectivity index (χ0n) is 10.1. The van der Waals surface area contributed by atoms with E-state index >= 15 is 0 Å². The maximum absolute atomic E-state index is 12.0. The van der Waals surface area contributed by atoms with Crippen LogP contribution < -0.4 is 0 Å². The zero-order chi connectivity index (χ0) is 11.4. The molecule has 0 heterocycles. The largest absolute Gasteiger partial charge is 0.299 e. The third-order valence-corrected chi connectivity index (χ3v) is 2.80. The lowest BCUT2D eigenvalue weighted by atomic mass is 9.87. The molecule has 0 spiro atoms. The Balaban J connectivity index is 2.92. The molecule has 0 radical (unpaired) electrons. The normalized spacial score (nSPS) is 12.9. The molecule has 0 aliphatic heterocycles. The van der Waals surface area contributed by atoms with Crippen LogP contribution in [0, 0.1) is 12.8 Å². The monoisotopic (exact) mass is 204 g/mol. The fourth-order valence-electron chi connectivity index (χ4n) is 1.80. The van der Waals surface area contributed by atoms with Gasteiger partial charge in [0.15, 0.2) is 0 Å². The van der Waals surface area contributed by atoms with Gasteiger partial charge in [0.05, 0.1) is 0 Å². The fourth-order valence-corrected chi connectivity index (χ4v) is 1.80. The zero-order valence-corrected chi connectivity index (χ0v) is 10.1. The Morgan fingerprint density at radius 1 is 1.20 bits per heavy atom. The minimum absolute atomic E-state index is 0.0746. The molecule has 0 aromatic heterocycles. The van der Waals surface area contributed by atoms with Crippen LogP contribution in [0.2, 0.25) is 0 Å². The van der Waals surface area contributed by atoms with Crippen molar-refractivity contribution in [2.45, 2.75) is 40.0 Å². The van der Waals surface area contributed by atoms with Crippen LogP contribution in [0.3, 0.4) is 0 Å². The molecule has 0 amide bonds. The molecule has 1 heteroatoms. The van der Waals surface area contributed by atoms with Crippen molar-refractivity contribution in [1.29, 1.82) is 0 Å². The average molecular weight is 204 g/mol. The summed E-state index contributed by atoms with van der Waals surface area (Å²) in [6, 6.07) is 8.30. The van der Waals surface area contributed by atoms with E-state index in [1.54, 1.807) is 0 Å². The SMILES string of the molecule is CCC(C(=O)C(C)C)c1ccc(C)cc1. The molecular formula is C14H20O. The summed E-state index contributed by atoms with van der Waals surface area (Å²) in [6.07, 6.45) is 0.889. The molecule has 15 heavy (non-hydrogen) atoms. The number of rotatable bonds is 4. The Morgan fingerprint density at radius 3 is 2.13 bits per heavy atom. The van der Waals surface area contributed by atoms with E-state index in [0.29, 0.717) is 5.78 Å². The van der Waals surface area contributed by atoms with Crippen LogP contribution in [0.5, 0.6) is 0 Å². The van der Waals surface area contributed by atoms with Gasteiger partial charge in [-0.2, -0.15) is 0 Å². The highest BCUT2D eigenvalue weighted by Crippen LogP contribution is 2.23. The number of benzene rings is 1. The lowest BCUT2D eigenvalue weighted by Gasteiger charge is -2.16. The van der Waals surface area contributed by atoms with E-state index in [1.807, 2.05) is 13.8 Å². The van der Waals surface area contributed by atoms with Crippen molar-refractivity contribution in [1.82, 2.24) is 0 Å². The molecule has 0 saturated carbocycles. The van der Waals surface area contributed by atoms with Crippen LogP contribution in [-0.4, -0.2) is 5.78 Å². The van der Waals surface area contributed by atoms with Crippen LogP contribution in [0.15, 0.2) is 24.3 Å². The second-order valence-corrected chi connectivity index (χ2v) is 4.43. The topological polar surface area (TPSA) is 17.1 Å². The van der Waals surface area contributed by atoms with Gasteiger partial charge < -0.3 is 0 Å². The Hall–Kier alpha value is -1.11. The summed E-state index contributed by atoms with van der Waals surface area (Å²) in [5.74, 6) is 0.545. The summed E-state index contributed by atoms with van der Waals surface area (Å²) in [7, 11) is 0. The third-order valence-electron chi connectivity index (χ3n) is 2.80. The van der Waals surface area contributed by atoms with Crippen molar-refractivity contribution in [3.8, 4) is 0 Å². The molecule has 1 atom stereocenters. The number of carbonyl (C=O) groups excluding carboxylic acids is 1. The van der Waals surface area contributed by atoms with Gasteiger partial charge in [0.25, 0.3) is 0 Å². The molecule has 0 fully saturated rings. The Labute approximate surface area is 92.5 Å². The summed E-state index contributed by atoms with van der Waals surface area (Å²) in [5, 5.41) is 0. The molecule has 1 aromatic carbocycles. The molecule has 82 valence electrons. The highest BCUT2D eigenvalue weighted by Gasteiger charge is 2.20. The predicted octanol–water partition coefficient (Wildman–Crippen LogP) is 3.71. The Kier molecular flexibility index (Phi) is 4.07. The summed E-state index contributed by atoms with van der Waals surface area (Å²) in [4.78, 5) is 12.0. The van der Waals surface area contributed by atoms with Gasteiger partial charge in [0.2, 0.25) is 0 Å². The Morgan fingerprint density at radius 2 is 1.73 bits per heavy atom. The molecule has 1 rings (SSSR count). The lowest BCUT2D eigenvalue weighted by molar-refractivity contribution is -0.123. The summed E-state index contributed by atoms with van der Waals surface area (Å²) in [5.41, 5.74) is 2.40. The van der Waals surface area contributed by atoms with Crippen molar-refractivity contribution in [2.75, 3.05) is 0 Å². The summed E-state index contributed by atoms with van der Waals surface area (Å²) in [6.45, 7) is 8.08. The first kappa shape index (κ1) is 12.0. The van der Waals surface area contributed by atoms with Crippen molar-refractivity contribution in [2.24, 2.45) is 5.92 Å². The minimum atomic E-state index is 0.0746. The number of ketones is 1. The molecule has 0 bridgehead atoms. The van der Waals surface area contributed by atoms with Gasteiger partial charge in [-0.1, -0.05) is 50.6 Å². The number of hydrogen-bond donors (Lipinski definition) is 0. The quantitative estimate of drug-likeness (QED) is 0.730. The number of aryl methyl sites for hydroxylation is 1. The third kappa shape index (κ3) is 2.92. The molecular weight excluding hydrogens is 184 g/mol. The van der Waals surface area contributed by atoms with E-state index < -0.39 is 0 Å². The highest BCUT2D eigenvalue weighted by atomic mass is 16.1. The smallest absolute Gasteiger partial charge is 0.142 e. The van der Waals surface area contributed by atoms with Gasteiger partial charge >= 0.3 is 0 Å². The number of Topliss-reactive ketones (excluding diaryl/α,β-unsaturated/α-hetero) is 1. The summed E-state index contributed by atoms with van der Waals surface area (Å²) < 4.78 is 0. The minimum Gasteiger partial charge on any atom is -0.299 e. The van der Waals surface area contributed by atoms with E-state index in [-0.39, 0.29) is 11.8 Å². The fraction of sp³-hybridized carbons (Fsp3) is 0.500. The van der Waals surface area contributed by atoms with Gasteiger partial charge in [0.1, 0.15) is 5.78 Å². The van der Waals surface area contributed by atoms with Crippen LogP contribution >= 0.6 is 0 Å². The number of hydrogen-bond acceptors (Lipinski definition) is 1. The molecule has 0 N–H and O–H groups in total. The van der Waals surface area contributed by atoms with E-state index in [9.17, 15) is 4.79 Å². The van der Waals surface area contributed by atoms with Crippen LogP contribution in [0.1, 0.15) is 44.2 Å². The lowest BCUT2D eigenvalue weighted by Crippen LogP contribution is -2.17. The van der Waals surface area contributed by atoms with Crippen LogP contribution in [0.25, 0.3) is 0 Å². The Bertz CT molecular complexity index is 322. The second-order valence-electron chi connectivity index (χ2n) is 4.43. The van der Waals surface area contributed by atoms with Crippen LogP contribution in [0.4, 0.5) is 0 Å². The van der Waals surface area contributed by atoms with Crippen LogP contribution in [-0.2, 0) is 4.79 Å². The molecule has 0 saturated heterocycles. The van der Waals surface area contributed by atoms with Crippen molar-refractivity contribution < 1.29 is 4.79 Å². The first-order valence-electron chi connectivity index (χ1n) is 5.66.